The summed E-state index contributed by atoms with van der Waals surface area (Å²) in [7, 11) is 0. The maximum Gasteiger partial charge on any atom is 0.387 e. The van der Waals surface area contributed by atoms with Gasteiger partial charge >= 0.3 is 12.3 Å². The van der Waals surface area contributed by atoms with Crippen LogP contribution in [-0.2, 0) is 11.3 Å². The van der Waals surface area contributed by atoms with E-state index in [4.69, 9.17) is 0 Å². The molecule has 0 spiro atoms. The molecule has 37 heavy (non-hydrogen) atoms. The molecular formula is C28H33F3N4O2. The zero-order valence-corrected chi connectivity index (χ0v) is 21.6. The normalized spacial score (nSPS) is 17.0. The van der Waals surface area contributed by atoms with E-state index in [-0.39, 0.29) is 24.0 Å². The first-order valence-corrected chi connectivity index (χ1v) is 12.4. The van der Waals surface area contributed by atoms with Crippen LogP contribution in [0.5, 0.6) is 0 Å². The molecule has 1 aromatic heterocycles. The molecule has 1 aromatic carbocycles. The van der Waals surface area contributed by atoms with E-state index in [1.165, 1.54) is 22.8 Å². The second kappa shape index (κ2) is 13.1. The number of halogens is 3. The summed E-state index contributed by atoms with van der Waals surface area (Å²) in [5, 5.41) is 0. The van der Waals surface area contributed by atoms with Crippen molar-refractivity contribution in [1.82, 2.24) is 14.5 Å². The number of aromatic nitrogens is 3. The van der Waals surface area contributed by atoms with Crippen molar-refractivity contribution in [3.8, 4) is 0 Å². The van der Waals surface area contributed by atoms with Crippen molar-refractivity contribution in [3.05, 3.63) is 93.7 Å². The largest absolute Gasteiger partial charge is 0.435 e. The molecule has 2 heterocycles. The molecule has 0 amide bonds. The summed E-state index contributed by atoms with van der Waals surface area (Å²) >= 11 is 0. The maximum absolute atomic E-state index is 13.3. The van der Waals surface area contributed by atoms with Gasteiger partial charge in [0.1, 0.15) is 17.4 Å². The Labute approximate surface area is 215 Å². The highest BCUT2D eigenvalue weighted by molar-refractivity contribution is 5.69. The van der Waals surface area contributed by atoms with Crippen molar-refractivity contribution in [2.24, 2.45) is 5.92 Å². The molecule has 1 aliphatic rings. The zero-order valence-electron chi connectivity index (χ0n) is 21.6. The molecule has 0 radical (unpaired) electrons. The number of anilines is 1. The summed E-state index contributed by atoms with van der Waals surface area (Å²) < 4.78 is 44.7. The van der Waals surface area contributed by atoms with E-state index in [1.807, 2.05) is 11.8 Å². The van der Waals surface area contributed by atoms with Crippen molar-refractivity contribution in [2.75, 3.05) is 18.0 Å². The highest BCUT2D eigenvalue weighted by Crippen LogP contribution is 2.29. The van der Waals surface area contributed by atoms with Gasteiger partial charge in [0.05, 0.1) is 6.54 Å². The molecule has 2 aromatic rings. The lowest BCUT2D eigenvalue weighted by atomic mass is 9.90. The first-order chi connectivity index (χ1) is 17.7. The number of benzene rings is 1. The van der Waals surface area contributed by atoms with Crippen LogP contribution in [0.1, 0.15) is 45.0 Å². The molecule has 3 rings (SSSR count). The summed E-state index contributed by atoms with van der Waals surface area (Å²) in [4.78, 5) is 23.7. The van der Waals surface area contributed by atoms with Gasteiger partial charge < -0.3 is 9.64 Å². The van der Waals surface area contributed by atoms with Gasteiger partial charge in [-0.05, 0) is 67.2 Å². The van der Waals surface area contributed by atoms with Crippen LogP contribution in [0.4, 0.5) is 19.1 Å². The minimum absolute atomic E-state index is 0.0825. The third-order valence-electron chi connectivity index (χ3n) is 6.13. The van der Waals surface area contributed by atoms with Crippen molar-refractivity contribution in [3.63, 3.8) is 0 Å². The lowest BCUT2D eigenvalue weighted by molar-refractivity contribution is -0.0922. The Morgan fingerprint density at radius 3 is 2.54 bits per heavy atom. The van der Waals surface area contributed by atoms with Crippen LogP contribution >= 0.6 is 0 Å². The quantitative estimate of drug-likeness (QED) is 0.285. The Kier molecular flexibility index (Phi) is 9.88. The fraction of sp³-hybridized carbons (Fsp3) is 0.393. The molecule has 1 atom stereocenters. The lowest BCUT2D eigenvalue weighted by Gasteiger charge is -2.31. The molecule has 1 aliphatic heterocycles. The number of alkyl halides is 2. The molecule has 9 heteroatoms. The number of ether oxygens (including phenoxy) is 1. The maximum atomic E-state index is 13.3. The number of hydrogen-bond donors (Lipinski definition) is 0. The van der Waals surface area contributed by atoms with Gasteiger partial charge in [-0.15, -0.1) is 0 Å². The first-order valence-electron chi connectivity index (χ1n) is 12.4. The molecule has 198 valence electrons. The summed E-state index contributed by atoms with van der Waals surface area (Å²) in [6, 6.07) is 6.43. The van der Waals surface area contributed by atoms with E-state index in [0.29, 0.717) is 31.3 Å². The molecule has 0 unspecified atom stereocenters. The van der Waals surface area contributed by atoms with E-state index in [2.05, 4.69) is 27.7 Å². The van der Waals surface area contributed by atoms with Crippen LogP contribution in [0.3, 0.4) is 0 Å². The van der Waals surface area contributed by atoms with Gasteiger partial charge in [-0.1, -0.05) is 50.6 Å². The molecule has 0 aliphatic carbocycles. The number of allylic oxidation sites excluding steroid dienone is 5. The van der Waals surface area contributed by atoms with E-state index in [9.17, 15) is 18.0 Å². The third-order valence-corrected chi connectivity index (χ3v) is 6.13. The van der Waals surface area contributed by atoms with E-state index < -0.39 is 12.3 Å². The summed E-state index contributed by atoms with van der Waals surface area (Å²) in [5.41, 5.74) is 2.37. The van der Waals surface area contributed by atoms with Crippen molar-refractivity contribution < 1.29 is 17.9 Å². The van der Waals surface area contributed by atoms with Gasteiger partial charge in [0.2, 0.25) is 5.95 Å². The fourth-order valence-corrected chi connectivity index (χ4v) is 4.12. The third kappa shape index (κ3) is 7.68. The molecular weight excluding hydrogens is 481 g/mol. The van der Waals surface area contributed by atoms with E-state index >= 15 is 0 Å². The van der Waals surface area contributed by atoms with Crippen molar-refractivity contribution >= 4 is 11.5 Å². The van der Waals surface area contributed by atoms with Crippen LogP contribution in [-0.4, -0.2) is 34.2 Å². The van der Waals surface area contributed by atoms with E-state index in [0.717, 1.165) is 23.1 Å². The second-order valence-electron chi connectivity index (χ2n) is 8.88. The highest BCUT2D eigenvalue weighted by Gasteiger charge is 2.23. The van der Waals surface area contributed by atoms with Gasteiger partial charge in [-0.3, -0.25) is 4.57 Å². The SMILES string of the molecule is C\C=C(/C=C\C(=C\CCC)OC(F)F)Cn1c(C)nc(N2CC=C(c3ccc(F)cc3)[C@@H](C)C2)nc1=O. The summed E-state index contributed by atoms with van der Waals surface area (Å²) in [5.74, 6) is 0.794. The average molecular weight is 515 g/mol. The number of unbranched alkanes of at least 4 members (excludes halogenated alkanes) is 1. The summed E-state index contributed by atoms with van der Waals surface area (Å²) in [6.07, 6.45) is 10.0. The topological polar surface area (TPSA) is 60.2 Å². The van der Waals surface area contributed by atoms with Crippen LogP contribution in [0, 0.1) is 18.7 Å². The second-order valence-corrected chi connectivity index (χ2v) is 8.88. The Morgan fingerprint density at radius 1 is 1.22 bits per heavy atom. The number of hydrogen-bond acceptors (Lipinski definition) is 5. The van der Waals surface area contributed by atoms with Crippen LogP contribution in [0.2, 0.25) is 0 Å². The molecule has 0 bridgehead atoms. The lowest BCUT2D eigenvalue weighted by Crippen LogP contribution is -2.37. The minimum Gasteiger partial charge on any atom is -0.435 e. The zero-order chi connectivity index (χ0) is 26.9. The van der Waals surface area contributed by atoms with E-state index in [1.54, 1.807) is 44.2 Å². The number of rotatable bonds is 10. The van der Waals surface area contributed by atoms with Crippen LogP contribution in [0.15, 0.2) is 70.8 Å². The van der Waals surface area contributed by atoms with Gasteiger partial charge in [0, 0.05) is 13.1 Å². The summed E-state index contributed by atoms with van der Waals surface area (Å²) in [6.45, 7) is 5.99. The van der Waals surface area contributed by atoms with Crippen LogP contribution < -0.4 is 10.6 Å². The van der Waals surface area contributed by atoms with Gasteiger partial charge in [0.25, 0.3) is 0 Å². The highest BCUT2D eigenvalue weighted by atomic mass is 19.3. The van der Waals surface area contributed by atoms with Gasteiger partial charge in [0.15, 0.2) is 0 Å². The molecule has 0 saturated carbocycles. The fourth-order valence-electron chi connectivity index (χ4n) is 4.12. The molecule has 0 N–H and O–H groups in total. The predicted molar refractivity (Wildman–Crippen MR) is 140 cm³/mol. The Balaban J connectivity index is 1.76. The standard InChI is InChI=1S/C28H33F3N4O2/c1-5-7-8-24(37-26(30)31)14-9-21(6-2)18-35-20(4)32-27(33-28(35)36)34-16-15-25(19(3)17-34)22-10-12-23(29)13-11-22/h6,8-15,19,26H,5,7,16-18H2,1-4H3/b14-9-,21-6+,24-8-/t19-/m0/s1. The van der Waals surface area contributed by atoms with Crippen LogP contribution in [0.25, 0.3) is 5.57 Å². The van der Waals surface area contributed by atoms with Crippen molar-refractivity contribution in [2.45, 2.75) is 53.7 Å². The number of nitrogens with zero attached hydrogens (tertiary/aromatic N) is 4. The Bertz CT molecular complexity index is 1250. The molecule has 0 fully saturated rings. The Morgan fingerprint density at radius 2 is 1.95 bits per heavy atom. The molecule has 6 nitrogen and oxygen atoms in total. The smallest absolute Gasteiger partial charge is 0.387 e. The Hall–Kier alpha value is -3.62. The average Bonchev–Trinajstić information content (AvgIpc) is 2.86. The van der Waals surface area contributed by atoms with Gasteiger partial charge in [-0.25, -0.2) is 9.18 Å². The monoisotopic (exact) mass is 514 g/mol. The van der Waals surface area contributed by atoms with Crippen molar-refractivity contribution in [1.29, 1.82) is 0 Å². The number of aryl methyl sites for hydroxylation is 1. The minimum atomic E-state index is -2.91. The first kappa shape index (κ1) is 28.0. The predicted octanol–water partition coefficient (Wildman–Crippen LogP) is 6.05. The van der Waals surface area contributed by atoms with Gasteiger partial charge in [-0.2, -0.15) is 18.7 Å². The molecule has 0 saturated heterocycles.